The summed E-state index contributed by atoms with van der Waals surface area (Å²) in [7, 11) is 1.47. The molecular weight excluding hydrogens is 171 g/mol. The monoisotopic (exact) mass is 184 g/mol. The molecule has 0 aliphatic heterocycles. The minimum atomic E-state index is -0.343. The van der Waals surface area contributed by atoms with E-state index in [1.165, 1.54) is 19.2 Å². The van der Waals surface area contributed by atoms with Crippen molar-refractivity contribution in [2.24, 2.45) is 11.5 Å². The van der Waals surface area contributed by atoms with Gasteiger partial charge in [0.15, 0.2) is 0 Å². The fourth-order valence-electron chi connectivity index (χ4n) is 1.12. The van der Waals surface area contributed by atoms with E-state index in [1.54, 1.807) is 6.07 Å². The molecule has 0 aliphatic rings. The standard InChI is InChI=1S/C9H13FN2O/c1-13-9-4-6(10)2-3-7(9)8(12)5-11/h2-4,8H,5,11-12H2,1H3/t8-/m0/s1. The average Bonchev–Trinajstić information content (AvgIpc) is 2.16. The first kappa shape index (κ1) is 9.95. The van der Waals surface area contributed by atoms with Crippen LogP contribution in [0, 0.1) is 5.82 Å². The summed E-state index contributed by atoms with van der Waals surface area (Å²) >= 11 is 0. The number of nitrogens with two attached hydrogens (primary N) is 2. The normalized spacial score (nSPS) is 12.6. The van der Waals surface area contributed by atoms with Gasteiger partial charge in [-0.05, 0) is 6.07 Å². The number of benzene rings is 1. The van der Waals surface area contributed by atoms with Crippen LogP contribution in [-0.2, 0) is 0 Å². The molecule has 13 heavy (non-hydrogen) atoms. The third-order valence-electron chi connectivity index (χ3n) is 1.85. The van der Waals surface area contributed by atoms with Gasteiger partial charge in [0.1, 0.15) is 11.6 Å². The van der Waals surface area contributed by atoms with Crippen molar-refractivity contribution in [2.45, 2.75) is 6.04 Å². The summed E-state index contributed by atoms with van der Waals surface area (Å²) in [5.41, 5.74) is 11.8. The lowest BCUT2D eigenvalue weighted by Crippen LogP contribution is -2.21. The first-order chi connectivity index (χ1) is 6.19. The second-order valence-electron chi connectivity index (χ2n) is 2.73. The van der Waals surface area contributed by atoms with Crippen molar-refractivity contribution >= 4 is 0 Å². The third-order valence-corrected chi connectivity index (χ3v) is 1.85. The number of ether oxygens (including phenoxy) is 1. The van der Waals surface area contributed by atoms with Gasteiger partial charge in [0.05, 0.1) is 7.11 Å². The van der Waals surface area contributed by atoms with Crippen LogP contribution in [0.5, 0.6) is 5.75 Å². The molecule has 0 heterocycles. The largest absolute Gasteiger partial charge is 0.496 e. The topological polar surface area (TPSA) is 61.3 Å². The predicted octanol–water partition coefficient (Wildman–Crippen LogP) is 0.793. The lowest BCUT2D eigenvalue weighted by atomic mass is 10.1. The van der Waals surface area contributed by atoms with E-state index >= 15 is 0 Å². The van der Waals surface area contributed by atoms with Gasteiger partial charge in [0.2, 0.25) is 0 Å². The molecule has 3 nitrogen and oxygen atoms in total. The van der Waals surface area contributed by atoms with E-state index < -0.39 is 0 Å². The summed E-state index contributed by atoms with van der Waals surface area (Å²) in [5.74, 6) is 0.0998. The highest BCUT2D eigenvalue weighted by atomic mass is 19.1. The molecule has 0 aliphatic carbocycles. The Balaban J connectivity index is 3.05. The van der Waals surface area contributed by atoms with Crippen molar-refractivity contribution in [3.05, 3.63) is 29.6 Å². The predicted molar refractivity (Wildman–Crippen MR) is 48.9 cm³/mol. The Bertz CT molecular complexity index is 291. The highest BCUT2D eigenvalue weighted by Gasteiger charge is 2.10. The first-order valence-corrected chi connectivity index (χ1v) is 3.98. The second-order valence-corrected chi connectivity index (χ2v) is 2.73. The van der Waals surface area contributed by atoms with E-state index in [1.807, 2.05) is 0 Å². The molecule has 72 valence electrons. The van der Waals surface area contributed by atoms with E-state index in [0.29, 0.717) is 12.3 Å². The number of halogens is 1. The van der Waals surface area contributed by atoms with E-state index in [2.05, 4.69) is 0 Å². The van der Waals surface area contributed by atoms with Gasteiger partial charge in [-0.3, -0.25) is 0 Å². The van der Waals surface area contributed by atoms with Gasteiger partial charge in [-0.25, -0.2) is 4.39 Å². The van der Waals surface area contributed by atoms with Gasteiger partial charge in [0.25, 0.3) is 0 Å². The lowest BCUT2D eigenvalue weighted by molar-refractivity contribution is 0.402. The van der Waals surface area contributed by atoms with Crippen LogP contribution < -0.4 is 16.2 Å². The van der Waals surface area contributed by atoms with E-state index in [9.17, 15) is 4.39 Å². The van der Waals surface area contributed by atoms with Crippen LogP contribution in [0.25, 0.3) is 0 Å². The lowest BCUT2D eigenvalue weighted by Gasteiger charge is -2.13. The summed E-state index contributed by atoms with van der Waals surface area (Å²) < 4.78 is 17.7. The van der Waals surface area contributed by atoms with Crippen molar-refractivity contribution in [2.75, 3.05) is 13.7 Å². The summed E-state index contributed by atoms with van der Waals surface area (Å²) in [6, 6.07) is 3.92. The number of methoxy groups -OCH3 is 1. The molecule has 4 N–H and O–H groups in total. The molecule has 0 amide bonds. The SMILES string of the molecule is COc1cc(F)ccc1[C@@H](N)CN. The van der Waals surface area contributed by atoms with Gasteiger partial charge < -0.3 is 16.2 Å². The van der Waals surface area contributed by atoms with E-state index in [4.69, 9.17) is 16.2 Å². The molecule has 0 saturated heterocycles. The number of hydrogen-bond donors (Lipinski definition) is 2. The third kappa shape index (κ3) is 2.17. The average molecular weight is 184 g/mol. The molecule has 4 heteroatoms. The van der Waals surface area contributed by atoms with Gasteiger partial charge in [0, 0.05) is 24.2 Å². The molecule has 1 rings (SSSR count). The molecule has 0 bridgehead atoms. The Kier molecular flexibility index (Phi) is 3.22. The smallest absolute Gasteiger partial charge is 0.126 e. The molecular formula is C9H13FN2O. The summed E-state index contributed by atoms with van der Waals surface area (Å²) in [4.78, 5) is 0. The summed E-state index contributed by atoms with van der Waals surface area (Å²) in [6.07, 6.45) is 0. The van der Waals surface area contributed by atoms with Crippen LogP contribution in [0.2, 0.25) is 0 Å². The summed E-state index contributed by atoms with van der Waals surface area (Å²) in [5, 5.41) is 0. The van der Waals surface area contributed by atoms with E-state index in [0.717, 1.165) is 5.56 Å². The van der Waals surface area contributed by atoms with Gasteiger partial charge in [-0.15, -0.1) is 0 Å². The quantitative estimate of drug-likeness (QED) is 0.730. The minimum Gasteiger partial charge on any atom is -0.496 e. The fraction of sp³-hybridized carbons (Fsp3) is 0.333. The Morgan fingerprint density at radius 3 is 2.77 bits per heavy atom. The van der Waals surface area contributed by atoms with Gasteiger partial charge in [-0.2, -0.15) is 0 Å². The molecule has 0 radical (unpaired) electrons. The molecule has 1 aromatic carbocycles. The molecule has 0 aromatic heterocycles. The van der Waals surface area contributed by atoms with Crippen LogP contribution in [-0.4, -0.2) is 13.7 Å². The van der Waals surface area contributed by atoms with Crippen molar-refractivity contribution in [1.82, 2.24) is 0 Å². The molecule has 0 saturated carbocycles. The maximum atomic E-state index is 12.7. The fourth-order valence-corrected chi connectivity index (χ4v) is 1.12. The van der Waals surface area contributed by atoms with Crippen LogP contribution in [0.15, 0.2) is 18.2 Å². The first-order valence-electron chi connectivity index (χ1n) is 3.98. The molecule has 0 unspecified atom stereocenters. The number of hydrogen-bond acceptors (Lipinski definition) is 3. The zero-order valence-electron chi connectivity index (χ0n) is 7.46. The minimum absolute atomic E-state index is 0.308. The van der Waals surface area contributed by atoms with Gasteiger partial charge in [-0.1, -0.05) is 6.07 Å². The highest BCUT2D eigenvalue weighted by Crippen LogP contribution is 2.23. The molecule has 1 atom stereocenters. The van der Waals surface area contributed by atoms with Crippen LogP contribution >= 0.6 is 0 Å². The van der Waals surface area contributed by atoms with Crippen LogP contribution in [0.1, 0.15) is 11.6 Å². The van der Waals surface area contributed by atoms with E-state index in [-0.39, 0.29) is 11.9 Å². The van der Waals surface area contributed by atoms with Crippen molar-refractivity contribution < 1.29 is 9.13 Å². The van der Waals surface area contributed by atoms with Crippen LogP contribution in [0.4, 0.5) is 4.39 Å². The molecule has 1 aromatic rings. The Labute approximate surface area is 76.5 Å². The van der Waals surface area contributed by atoms with Crippen LogP contribution in [0.3, 0.4) is 0 Å². The van der Waals surface area contributed by atoms with Crippen molar-refractivity contribution in [3.63, 3.8) is 0 Å². The highest BCUT2D eigenvalue weighted by molar-refractivity contribution is 5.36. The Morgan fingerprint density at radius 1 is 1.54 bits per heavy atom. The maximum absolute atomic E-state index is 12.7. The molecule has 0 fully saturated rings. The maximum Gasteiger partial charge on any atom is 0.126 e. The zero-order chi connectivity index (χ0) is 9.84. The van der Waals surface area contributed by atoms with Gasteiger partial charge >= 0.3 is 0 Å². The molecule has 0 spiro atoms. The Hall–Kier alpha value is -1.13. The van der Waals surface area contributed by atoms with Crippen molar-refractivity contribution in [3.8, 4) is 5.75 Å². The van der Waals surface area contributed by atoms with Crippen molar-refractivity contribution in [1.29, 1.82) is 0 Å². The second kappa shape index (κ2) is 4.20. The number of rotatable bonds is 3. The Morgan fingerprint density at radius 2 is 2.23 bits per heavy atom. The summed E-state index contributed by atoms with van der Waals surface area (Å²) in [6.45, 7) is 0.308. The zero-order valence-corrected chi connectivity index (χ0v) is 7.46.